The fourth-order valence-corrected chi connectivity index (χ4v) is 5.33. The van der Waals surface area contributed by atoms with Gasteiger partial charge in [-0.05, 0) is 59.0 Å². The number of imidazole rings is 1. The van der Waals surface area contributed by atoms with Gasteiger partial charge >= 0.3 is 12.1 Å². The lowest BCUT2D eigenvalue weighted by atomic mass is 9.98. The highest BCUT2D eigenvalue weighted by molar-refractivity contribution is 6.01. The number of carboxylic acids is 1. The molecule has 16 nitrogen and oxygen atoms in total. The minimum Gasteiger partial charge on any atom is -0.478 e. The van der Waals surface area contributed by atoms with Crippen molar-refractivity contribution < 1.29 is 38.8 Å². The minimum absolute atomic E-state index is 0.0832. The second-order valence-corrected chi connectivity index (χ2v) is 11.1. The van der Waals surface area contributed by atoms with Crippen LogP contribution in [0, 0.1) is 10.1 Å². The van der Waals surface area contributed by atoms with E-state index in [0.29, 0.717) is 52.7 Å². The Morgan fingerprint density at radius 3 is 2.27 bits per heavy atom. The van der Waals surface area contributed by atoms with Gasteiger partial charge in [0.1, 0.15) is 13.2 Å². The Labute approximate surface area is 289 Å². The maximum absolute atomic E-state index is 12.4. The number of para-hydroxylation sites is 1. The zero-order chi connectivity index (χ0) is 35.9. The third-order valence-electron chi connectivity index (χ3n) is 7.75. The summed E-state index contributed by atoms with van der Waals surface area (Å²) < 4.78 is 18.1. The van der Waals surface area contributed by atoms with Gasteiger partial charge in [0.05, 0.1) is 29.7 Å². The molecule has 4 aromatic carbocycles. The monoisotopic (exact) mass is 693 g/mol. The Bertz CT molecular complexity index is 2180. The van der Waals surface area contributed by atoms with Crippen molar-refractivity contribution >= 4 is 23.2 Å². The minimum atomic E-state index is -1.05. The van der Waals surface area contributed by atoms with Gasteiger partial charge in [0.25, 0.3) is 11.1 Å². The first kappa shape index (κ1) is 34.0. The van der Waals surface area contributed by atoms with Crippen molar-refractivity contribution in [3.05, 3.63) is 123 Å². The largest absolute Gasteiger partial charge is 0.510 e. The van der Waals surface area contributed by atoms with Crippen LogP contribution in [0.15, 0.2) is 91.0 Å². The van der Waals surface area contributed by atoms with Gasteiger partial charge in [0, 0.05) is 5.56 Å². The molecule has 0 saturated carbocycles. The first-order chi connectivity index (χ1) is 24.7. The summed E-state index contributed by atoms with van der Waals surface area (Å²) in [4.78, 5) is 44.8. The number of aromatic nitrogens is 6. The van der Waals surface area contributed by atoms with Crippen molar-refractivity contribution in [3.8, 4) is 28.5 Å². The molecule has 6 rings (SSSR count). The van der Waals surface area contributed by atoms with Gasteiger partial charge in [-0.3, -0.25) is 4.57 Å². The van der Waals surface area contributed by atoms with Crippen LogP contribution in [0.5, 0.6) is 6.01 Å². The zero-order valence-electron chi connectivity index (χ0n) is 27.4. The highest BCUT2D eigenvalue weighted by Gasteiger charge is 2.20. The number of hydrogen-bond acceptors (Lipinski definition) is 12. The Kier molecular flexibility index (Phi) is 10.1. The van der Waals surface area contributed by atoms with E-state index >= 15 is 0 Å². The molecule has 0 fully saturated rings. The van der Waals surface area contributed by atoms with Crippen LogP contribution >= 0.6 is 0 Å². The molecule has 16 heteroatoms. The third kappa shape index (κ3) is 7.91. The molecule has 0 bridgehead atoms. The van der Waals surface area contributed by atoms with Crippen LogP contribution in [0.2, 0.25) is 0 Å². The van der Waals surface area contributed by atoms with E-state index in [4.69, 9.17) is 14.2 Å². The smallest absolute Gasteiger partial charge is 0.478 e. The lowest BCUT2D eigenvalue weighted by Crippen LogP contribution is -2.18. The summed E-state index contributed by atoms with van der Waals surface area (Å²) in [6, 6.07) is 27.2. The second-order valence-electron chi connectivity index (χ2n) is 11.1. The molecule has 0 aliphatic rings. The molecular formula is C35H31N7O9. The maximum Gasteiger partial charge on any atom is 0.510 e. The number of fused-ring (bicyclic) bond motifs is 1. The summed E-state index contributed by atoms with van der Waals surface area (Å²) in [6.45, 7) is 3.86. The summed E-state index contributed by atoms with van der Waals surface area (Å²) in [5, 5.41) is 32.0. The molecule has 2 aromatic heterocycles. The lowest BCUT2D eigenvalue weighted by molar-refractivity contribution is -0.763. The fraction of sp³-hybridized carbons (Fsp3) is 0.200. The summed E-state index contributed by atoms with van der Waals surface area (Å²) in [5.74, 6) is -0.736. The summed E-state index contributed by atoms with van der Waals surface area (Å²) in [5.41, 5.74) is 5.71. The topological polar surface area (TPSA) is 196 Å². The molecule has 0 aliphatic heterocycles. The highest BCUT2D eigenvalue weighted by atomic mass is 16.9. The van der Waals surface area contributed by atoms with Crippen molar-refractivity contribution in [1.82, 2.24) is 29.8 Å². The Balaban J connectivity index is 1.13. The molecule has 0 radical (unpaired) electrons. The Morgan fingerprint density at radius 2 is 1.59 bits per heavy atom. The van der Waals surface area contributed by atoms with Crippen molar-refractivity contribution in [2.75, 3.05) is 6.61 Å². The SMILES string of the molecule is CCOc1nc2cccc(C(=O)O)c2n1Cc1ccc(-c2ccccc2-c2nnn(C(C)OC(=O)OCc3ccc(CO[N+](=O)[O-])cc3)n2)cc1. The van der Waals surface area contributed by atoms with Gasteiger partial charge in [0.15, 0.2) is 0 Å². The number of carbonyl (C=O) groups is 2. The van der Waals surface area contributed by atoms with E-state index < -0.39 is 23.4 Å². The fourth-order valence-electron chi connectivity index (χ4n) is 5.33. The van der Waals surface area contributed by atoms with Gasteiger partial charge in [-0.25, -0.2) is 9.59 Å². The van der Waals surface area contributed by atoms with E-state index in [1.807, 2.05) is 55.5 Å². The Hall–Kier alpha value is -6.84. The van der Waals surface area contributed by atoms with Crippen molar-refractivity contribution in [3.63, 3.8) is 0 Å². The van der Waals surface area contributed by atoms with Crippen LogP contribution in [-0.4, -0.2) is 58.7 Å². The number of tetrazole rings is 1. The highest BCUT2D eigenvalue weighted by Crippen LogP contribution is 2.31. The normalized spacial score (nSPS) is 11.6. The molecule has 51 heavy (non-hydrogen) atoms. The quantitative estimate of drug-likeness (QED) is 0.0783. The second kappa shape index (κ2) is 15.1. The number of aromatic carboxylic acids is 1. The van der Waals surface area contributed by atoms with Crippen molar-refractivity contribution in [1.29, 1.82) is 0 Å². The number of hydrogen-bond donors (Lipinski definition) is 1. The number of ether oxygens (including phenoxy) is 3. The molecule has 260 valence electrons. The molecule has 6 aromatic rings. The first-order valence-corrected chi connectivity index (χ1v) is 15.7. The van der Waals surface area contributed by atoms with E-state index in [0.717, 1.165) is 21.5 Å². The summed E-state index contributed by atoms with van der Waals surface area (Å²) in [7, 11) is 0. The van der Waals surface area contributed by atoms with E-state index in [-0.39, 0.29) is 18.8 Å². The molecule has 0 saturated heterocycles. The predicted octanol–water partition coefficient (Wildman–Crippen LogP) is 6.08. The molecule has 1 unspecified atom stereocenters. The first-order valence-electron chi connectivity index (χ1n) is 15.7. The van der Waals surface area contributed by atoms with Crippen LogP contribution in [0.4, 0.5) is 4.79 Å². The number of carboxylic acid groups (broad SMARTS) is 1. The van der Waals surface area contributed by atoms with Gasteiger partial charge in [-0.2, -0.15) is 4.98 Å². The van der Waals surface area contributed by atoms with E-state index in [1.54, 1.807) is 54.0 Å². The average molecular weight is 694 g/mol. The third-order valence-corrected chi connectivity index (χ3v) is 7.75. The zero-order valence-corrected chi connectivity index (χ0v) is 27.4. The van der Waals surface area contributed by atoms with E-state index in [9.17, 15) is 24.8 Å². The molecule has 0 aliphatic carbocycles. The Morgan fingerprint density at radius 1 is 0.902 bits per heavy atom. The molecule has 0 amide bonds. The molecule has 1 atom stereocenters. The van der Waals surface area contributed by atoms with Crippen LogP contribution in [0.3, 0.4) is 0 Å². The van der Waals surface area contributed by atoms with Gasteiger partial charge in [-0.1, -0.05) is 78.9 Å². The van der Waals surface area contributed by atoms with Crippen LogP contribution in [0.1, 0.15) is 47.1 Å². The number of nitrogens with zero attached hydrogens (tertiary/aromatic N) is 7. The lowest BCUT2D eigenvalue weighted by Gasteiger charge is -2.12. The molecule has 0 spiro atoms. The van der Waals surface area contributed by atoms with Gasteiger partial charge in [0.2, 0.25) is 12.1 Å². The number of carbonyl (C=O) groups excluding carboxylic acids is 1. The van der Waals surface area contributed by atoms with Crippen molar-refractivity contribution in [2.45, 2.75) is 39.8 Å². The summed E-state index contributed by atoms with van der Waals surface area (Å²) >= 11 is 0. The van der Waals surface area contributed by atoms with Crippen LogP contribution in [0.25, 0.3) is 33.5 Å². The molecular weight excluding hydrogens is 662 g/mol. The molecule has 2 heterocycles. The standard InChI is InChI=1S/C35H31N7O9/c1-3-48-34-36-30-10-6-9-29(33(43)44)31(30)40(34)19-23-15-17-26(18-16-23)27-7-4-5-8-28(27)32-37-39-41(38-32)22(2)51-35(45)49-20-24-11-13-25(14-12-24)21-50-42(46)47/h4-18,22H,3,19-21H2,1-2H3,(H,43,44). The van der Waals surface area contributed by atoms with E-state index in [2.05, 4.69) is 25.2 Å². The maximum atomic E-state index is 12.4. The summed E-state index contributed by atoms with van der Waals surface area (Å²) in [6.07, 6.45) is -1.88. The van der Waals surface area contributed by atoms with Crippen LogP contribution in [-0.2, 0) is 34.1 Å². The van der Waals surface area contributed by atoms with E-state index in [1.165, 1.54) is 0 Å². The predicted molar refractivity (Wildman–Crippen MR) is 180 cm³/mol. The average Bonchev–Trinajstić information content (AvgIpc) is 3.76. The van der Waals surface area contributed by atoms with Crippen LogP contribution < -0.4 is 4.74 Å². The number of benzene rings is 4. The number of rotatable bonds is 14. The molecule has 1 N–H and O–H groups in total. The van der Waals surface area contributed by atoms with Gasteiger partial charge < -0.3 is 24.2 Å². The van der Waals surface area contributed by atoms with Gasteiger partial charge in [-0.15, -0.1) is 25.1 Å². The van der Waals surface area contributed by atoms with Crippen molar-refractivity contribution in [2.24, 2.45) is 0 Å².